The normalized spacial score (nSPS) is 10.8. The zero-order valence-electron chi connectivity index (χ0n) is 10.8. The van der Waals surface area contributed by atoms with Crippen molar-refractivity contribution in [1.82, 2.24) is 4.98 Å². The molecule has 0 aliphatic heterocycles. The minimum Gasteiger partial charge on any atom is -0.261 e. The molecule has 3 aromatic rings. The maximum Gasteiger partial charge on any atom is 0.261 e. The highest BCUT2D eigenvalue weighted by Crippen LogP contribution is 2.14. The van der Waals surface area contributed by atoms with Crippen LogP contribution in [0.25, 0.3) is 10.8 Å². The fourth-order valence-corrected chi connectivity index (χ4v) is 2.45. The van der Waals surface area contributed by atoms with Gasteiger partial charge < -0.3 is 0 Å². The van der Waals surface area contributed by atoms with Crippen LogP contribution in [0.3, 0.4) is 0 Å². The van der Waals surface area contributed by atoms with Crippen LogP contribution < -0.4 is 0 Å². The Balaban J connectivity index is 0.000000155. The molecule has 2 aromatic carbocycles. The molecule has 0 N–H and O–H groups in total. The van der Waals surface area contributed by atoms with Crippen molar-refractivity contribution in [2.75, 3.05) is 0 Å². The zero-order chi connectivity index (χ0) is 15.3. The van der Waals surface area contributed by atoms with Gasteiger partial charge in [-0.3, -0.25) is 4.98 Å². The average molecular weight is 324 g/mol. The van der Waals surface area contributed by atoms with E-state index < -0.39 is 9.05 Å². The third kappa shape index (κ3) is 4.24. The number of aromatic nitrogens is 1. The molecule has 21 heavy (non-hydrogen) atoms. The van der Waals surface area contributed by atoms with Gasteiger partial charge in [-0.2, -0.15) is 0 Å². The van der Waals surface area contributed by atoms with Crippen LogP contribution in [0.5, 0.6) is 0 Å². The molecule has 1 heterocycles. The summed E-state index contributed by atoms with van der Waals surface area (Å²) in [6.45, 7) is 0. The van der Waals surface area contributed by atoms with Crippen molar-refractivity contribution in [1.29, 1.82) is 0 Å². The minimum absolute atomic E-state index is 0.136. The Kier molecular flexibility index (Phi) is 4.88. The van der Waals surface area contributed by atoms with Crippen molar-refractivity contribution in [3.63, 3.8) is 0 Å². The quantitative estimate of drug-likeness (QED) is 0.636. The van der Waals surface area contributed by atoms with E-state index in [-0.39, 0.29) is 10.7 Å². The molecule has 108 valence electrons. The first-order chi connectivity index (χ1) is 9.98. The van der Waals surface area contributed by atoms with Gasteiger partial charge in [-0.15, -0.1) is 0 Å². The summed E-state index contributed by atoms with van der Waals surface area (Å²) in [5, 5.41) is 1.47. The van der Waals surface area contributed by atoms with Gasteiger partial charge in [0.25, 0.3) is 9.05 Å². The fourth-order valence-electron chi connectivity index (χ4n) is 1.66. The van der Waals surface area contributed by atoms with Crippen molar-refractivity contribution >= 4 is 30.5 Å². The standard InChI is InChI=1S/C9H6FN.C6H5ClO2S/c10-9-6-11-5-7-3-1-2-4-8(7)9;7-10(8,9)6-4-2-1-3-5-6/h1-6H;1-5H. The van der Waals surface area contributed by atoms with Crippen LogP contribution in [0.1, 0.15) is 0 Å². The third-order valence-electron chi connectivity index (χ3n) is 2.64. The second kappa shape index (κ2) is 6.65. The lowest BCUT2D eigenvalue weighted by Crippen LogP contribution is -1.87. The Morgan fingerprint density at radius 3 is 2.10 bits per heavy atom. The number of hydrogen-bond acceptors (Lipinski definition) is 3. The molecular weight excluding hydrogens is 313 g/mol. The summed E-state index contributed by atoms with van der Waals surface area (Å²) in [7, 11) is 1.50. The first-order valence-electron chi connectivity index (χ1n) is 5.96. The number of fused-ring (bicyclic) bond motifs is 1. The molecule has 0 saturated heterocycles. The van der Waals surface area contributed by atoms with Crippen LogP contribution in [0.2, 0.25) is 0 Å². The van der Waals surface area contributed by atoms with Crippen LogP contribution in [-0.2, 0) is 9.05 Å². The number of halogens is 2. The Bertz CT molecular complexity index is 833. The summed E-state index contributed by atoms with van der Waals surface area (Å²) in [4.78, 5) is 3.87. The van der Waals surface area contributed by atoms with E-state index in [1.54, 1.807) is 30.5 Å². The molecule has 0 aliphatic rings. The summed E-state index contributed by atoms with van der Waals surface area (Å²) < 4.78 is 34.1. The minimum atomic E-state index is -3.53. The van der Waals surface area contributed by atoms with Crippen molar-refractivity contribution in [3.8, 4) is 0 Å². The highest BCUT2D eigenvalue weighted by molar-refractivity contribution is 8.13. The maximum atomic E-state index is 12.9. The van der Waals surface area contributed by atoms with E-state index in [0.29, 0.717) is 5.39 Å². The predicted octanol–water partition coefficient (Wildman–Crippen LogP) is 3.99. The Morgan fingerprint density at radius 1 is 0.905 bits per heavy atom. The van der Waals surface area contributed by atoms with Crippen molar-refractivity contribution in [2.45, 2.75) is 4.90 Å². The molecule has 0 atom stereocenters. The highest BCUT2D eigenvalue weighted by atomic mass is 35.7. The van der Waals surface area contributed by atoms with Gasteiger partial charge in [0.05, 0.1) is 11.1 Å². The van der Waals surface area contributed by atoms with Gasteiger partial charge >= 0.3 is 0 Å². The van der Waals surface area contributed by atoms with Gasteiger partial charge in [0.2, 0.25) is 0 Å². The second-order valence-corrected chi connectivity index (χ2v) is 6.66. The van der Waals surface area contributed by atoms with Crippen LogP contribution >= 0.6 is 10.7 Å². The maximum absolute atomic E-state index is 12.9. The van der Waals surface area contributed by atoms with Crippen molar-refractivity contribution < 1.29 is 12.8 Å². The number of rotatable bonds is 1. The average Bonchev–Trinajstić information content (AvgIpc) is 2.49. The molecule has 0 aliphatic carbocycles. The summed E-state index contributed by atoms with van der Waals surface area (Å²) >= 11 is 0. The molecule has 0 fully saturated rings. The molecule has 0 radical (unpaired) electrons. The van der Waals surface area contributed by atoms with Crippen molar-refractivity contribution in [2.24, 2.45) is 0 Å². The highest BCUT2D eigenvalue weighted by Gasteiger charge is 2.06. The molecule has 3 rings (SSSR count). The van der Waals surface area contributed by atoms with E-state index >= 15 is 0 Å². The van der Waals surface area contributed by atoms with Gasteiger partial charge in [-0.05, 0) is 12.1 Å². The summed E-state index contributed by atoms with van der Waals surface area (Å²) in [5.41, 5.74) is 0. The van der Waals surface area contributed by atoms with Gasteiger partial charge in [-0.1, -0.05) is 42.5 Å². The first-order valence-corrected chi connectivity index (χ1v) is 8.27. The SMILES string of the molecule is Fc1cncc2ccccc12.O=S(=O)(Cl)c1ccccc1. The lowest BCUT2D eigenvalue weighted by molar-refractivity contribution is 0.609. The molecule has 0 spiro atoms. The van der Waals surface area contributed by atoms with Gasteiger partial charge in [-0.25, -0.2) is 12.8 Å². The molecule has 1 aromatic heterocycles. The van der Waals surface area contributed by atoms with E-state index in [1.165, 1.54) is 18.3 Å². The second-order valence-electron chi connectivity index (χ2n) is 4.09. The van der Waals surface area contributed by atoms with E-state index in [9.17, 15) is 12.8 Å². The topological polar surface area (TPSA) is 47.0 Å². The van der Waals surface area contributed by atoms with Crippen LogP contribution in [0.4, 0.5) is 4.39 Å². The largest absolute Gasteiger partial charge is 0.261 e. The number of nitrogens with zero attached hydrogens (tertiary/aromatic N) is 1. The fraction of sp³-hybridized carbons (Fsp3) is 0. The summed E-state index contributed by atoms with van der Waals surface area (Å²) in [6.07, 6.45) is 2.88. The Morgan fingerprint density at radius 2 is 1.52 bits per heavy atom. The van der Waals surface area contributed by atoms with Gasteiger partial charge in [0, 0.05) is 27.7 Å². The molecular formula is C15H11ClFNO2S. The number of pyridine rings is 1. The van der Waals surface area contributed by atoms with E-state index in [2.05, 4.69) is 4.98 Å². The number of hydrogen-bond donors (Lipinski definition) is 0. The lowest BCUT2D eigenvalue weighted by Gasteiger charge is -1.95. The first kappa shape index (κ1) is 15.4. The molecule has 6 heteroatoms. The lowest BCUT2D eigenvalue weighted by atomic mass is 10.2. The smallest absolute Gasteiger partial charge is 0.261 e. The van der Waals surface area contributed by atoms with Crippen LogP contribution in [-0.4, -0.2) is 13.4 Å². The van der Waals surface area contributed by atoms with Gasteiger partial charge in [0.15, 0.2) is 0 Å². The molecule has 0 saturated carbocycles. The number of benzene rings is 2. The molecule has 0 amide bonds. The molecule has 0 unspecified atom stereocenters. The third-order valence-corrected chi connectivity index (χ3v) is 4.01. The van der Waals surface area contributed by atoms with E-state index in [1.807, 2.05) is 18.2 Å². The van der Waals surface area contributed by atoms with E-state index in [0.717, 1.165) is 5.39 Å². The molecule has 3 nitrogen and oxygen atoms in total. The zero-order valence-corrected chi connectivity index (χ0v) is 12.4. The Labute approximate surface area is 126 Å². The van der Waals surface area contributed by atoms with Crippen LogP contribution in [0, 0.1) is 5.82 Å². The molecule has 0 bridgehead atoms. The van der Waals surface area contributed by atoms with Gasteiger partial charge in [0.1, 0.15) is 5.82 Å². The predicted molar refractivity (Wildman–Crippen MR) is 81.2 cm³/mol. The summed E-state index contributed by atoms with van der Waals surface area (Å²) in [5.74, 6) is -0.261. The van der Waals surface area contributed by atoms with Crippen molar-refractivity contribution in [3.05, 3.63) is 72.8 Å². The Hall–Kier alpha value is -1.98. The summed E-state index contributed by atoms with van der Waals surface area (Å²) in [6, 6.07) is 15.1. The monoisotopic (exact) mass is 323 g/mol. The van der Waals surface area contributed by atoms with Crippen LogP contribution in [0.15, 0.2) is 71.9 Å². The van der Waals surface area contributed by atoms with E-state index in [4.69, 9.17) is 10.7 Å².